The number of carboxylic acid groups (broad SMARTS) is 1. The quantitative estimate of drug-likeness (QED) is 0.556. The molecule has 2 aromatic carbocycles. The van der Waals surface area contributed by atoms with Crippen molar-refractivity contribution in [3.05, 3.63) is 65.2 Å². The number of unbranched alkanes of at least 4 members (excludes halogenated alkanes) is 1. The molecule has 2 saturated heterocycles. The van der Waals surface area contributed by atoms with Gasteiger partial charge in [-0.05, 0) is 41.8 Å². The largest absolute Gasteiger partial charge is 0.508 e. The summed E-state index contributed by atoms with van der Waals surface area (Å²) in [4.78, 5) is 40.8. The van der Waals surface area contributed by atoms with Gasteiger partial charge >= 0.3 is 5.97 Å². The molecule has 3 N–H and O–H groups in total. The molecule has 4 unspecified atom stereocenters. The average Bonchev–Trinajstić information content (AvgIpc) is 3.28. The molecule has 0 spiro atoms. The van der Waals surface area contributed by atoms with Crippen molar-refractivity contribution in [1.82, 2.24) is 10.2 Å². The van der Waals surface area contributed by atoms with Gasteiger partial charge in [-0.2, -0.15) is 5.26 Å². The monoisotopic (exact) mass is 447 g/mol. The van der Waals surface area contributed by atoms with Crippen molar-refractivity contribution in [3.8, 4) is 11.8 Å². The SMILES string of the molecule is CCCCN1C(=O)C2C(c3ccc(C#N)cc3)NC(Cc3ccc(O)cc3)(C(=O)O)C2C1=O. The first-order valence-corrected chi connectivity index (χ1v) is 11.0. The van der Waals surface area contributed by atoms with Crippen LogP contribution in [0.1, 0.15) is 42.5 Å². The molecule has 0 bridgehead atoms. The van der Waals surface area contributed by atoms with Crippen LogP contribution in [0, 0.1) is 23.2 Å². The lowest BCUT2D eigenvalue weighted by Gasteiger charge is -2.31. The lowest BCUT2D eigenvalue weighted by atomic mass is 9.76. The second kappa shape index (κ2) is 8.68. The summed E-state index contributed by atoms with van der Waals surface area (Å²) in [6, 6.07) is 14.1. The molecule has 0 aliphatic carbocycles. The number of nitrogens with zero attached hydrogens (tertiary/aromatic N) is 2. The Kier molecular flexibility index (Phi) is 5.91. The van der Waals surface area contributed by atoms with Crippen LogP contribution in [0.15, 0.2) is 48.5 Å². The molecule has 8 nitrogen and oxygen atoms in total. The second-order valence-corrected chi connectivity index (χ2v) is 8.66. The van der Waals surface area contributed by atoms with Gasteiger partial charge in [0.2, 0.25) is 11.8 Å². The number of hydrogen-bond acceptors (Lipinski definition) is 6. The third kappa shape index (κ3) is 3.74. The number of rotatable bonds is 7. The van der Waals surface area contributed by atoms with Gasteiger partial charge in [0.1, 0.15) is 11.3 Å². The van der Waals surface area contributed by atoms with Gasteiger partial charge in [-0.1, -0.05) is 37.6 Å². The summed E-state index contributed by atoms with van der Waals surface area (Å²) < 4.78 is 0. The number of carbonyl (C=O) groups is 3. The highest BCUT2D eigenvalue weighted by molar-refractivity contribution is 6.09. The zero-order valence-electron chi connectivity index (χ0n) is 18.2. The van der Waals surface area contributed by atoms with Crippen LogP contribution in [0.25, 0.3) is 0 Å². The highest BCUT2D eigenvalue weighted by Crippen LogP contribution is 2.50. The summed E-state index contributed by atoms with van der Waals surface area (Å²) in [5, 5.41) is 32.3. The van der Waals surface area contributed by atoms with Crippen LogP contribution < -0.4 is 5.32 Å². The summed E-state index contributed by atoms with van der Waals surface area (Å²) in [6.45, 7) is 2.22. The van der Waals surface area contributed by atoms with Crippen molar-refractivity contribution in [2.45, 2.75) is 37.8 Å². The maximum Gasteiger partial charge on any atom is 0.325 e. The van der Waals surface area contributed by atoms with E-state index in [0.717, 1.165) is 6.42 Å². The highest BCUT2D eigenvalue weighted by Gasteiger charge is 2.68. The molecule has 170 valence electrons. The first kappa shape index (κ1) is 22.5. The van der Waals surface area contributed by atoms with Gasteiger partial charge in [-0.3, -0.25) is 24.6 Å². The molecule has 0 saturated carbocycles. The maximum atomic E-state index is 13.5. The molecule has 0 radical (unpaired) electrons. The maximum absolute atomic E-state index is 13.5. The normalized spacial score (nSPS) is 26.3. The molecule has 0 aromatic heterocycles. The number of likely N-dealkylation sites (tertiary alicyclic amines) is 1. The van der Waals surface area contributed by atoms with E-state index in [1.807, 2.05) is 13.0 Å². The third-order valence-electron chi connectivity index (χ3n) is 6.68. The Hall–Kier alpha value is -3.70. The molecule has 33 heavy (non-hydrogen) atoms. The van der Waals surface area contributed by atoms with Gasteiger partial charge in [0.25, 0.3) is 0 Å². The number of benzene rings is 2. The molecule has 4 rings (SSSR count). The van der Waals surface area contributed by atoms with E-state index >= 15 is 0 Å². The Morgan fingerprint density at radius 2 is 1.79 bits per heavy atom. The van der Waals surface area contributed by atoms with Gasteiger partial charge in [0.15, 0.2) is 0 Å². The number of fused-ring (bicyclic) bond motifs is 1. The number of imide groups is 1. The van der Waals surface area contributed by atoms with Gasteiger partial charge < -0.3 is 10.2 Å². The Morgan fingerprint density at radius 3 is 2.36 bits per heavy atom. The second-order valence-electron chi connectivity index (χ2n) is 8.66. The van der Waals surface area contributed by atoms with Crippen LogP contribution >= 0.6 is 0 Å². The van der Waals surface area contributed by atoms with E-state index in [0.29, 0.717) is 23.1 Å². The fourth-order valence-corrected chi connectivity index (χ4v) is 5.02. The van der Waals surface area contributed by atoms with E-state index in [2.05, 4.69) is 5.32 Å². The molecule has 2 aliphatic heterocycles. The Bertz CT molecular complexity index is 1120. The number of aliphatic carboxylic acids is 1. The number of nitriles is 1. The minimum absolute atomic E-state index is 0.0306. The van der Waals surface area contributed by atoms with Crippen LogP contribution in [-0.4, -0.2) is 45.0 Å². The van der Waals surface area contributed by atoms with Gasteiger partial charge in [-0.15, -0.1) is 0 Å². The number of phenolic OH excluding ortho intramolecular Hbond substituents is 1. The molecule has 2 fully saturated rings. The zero-order valence-corrected chi connectivity index (χ0v) is 18.2. The van der Waals surface area contributed by atoms with E-state index in [1.54, 1.807) is 36.4 Å². The van der Waals surface area contributed by atoms with Crippen LogP contribution in [0.4, 0.5) is 0 Å². The van der Waals surface area contributed by atoms with Crippen LogP contribution in [0.2, 0.25) is 0 Å². The molecule has 2 heterocycles. The van der Waals surface area contributed by atoms with Crippen molar-refractivity contribution >= 4 is 17.8 Å². The number of nitrogens with one attached hydrogen (secondary N) is 1. The summed E-state index contributed by atoms with van der Waals surface area (Å²) in [6.07, 6.45) is 1.41. The minimum atomic E-state index is -1.70. The smallest absolute Gasteiger partial charge is 0.325 e. The number of hydrogen-bond donors (Lipinski definition) is 3. The average molecular weight is 447 g/mol. The number of amides is 2. The van der Waals surface area contributed by atoms with Crippen molar-refractivity contribution < 1.29 is 24.6 Å². The van der Waals surface area contributed by atoms with E-state index < -0.39 is 35.3 Å². The highest BCUT2D eigenvalue weighted by atomic mass is 16.4. The molecule has 2 aromatic rings. The van der Waals surface area contributed by atoms with Crippen molar-refractivity contribution in [3.63, 3.8) is 0 Å². The van der Waals surface area contributed by atoms with E-state index in [1.165, 1.54) is 17.0 Å². The Labute approximate surface area is 191 Å². The number of phenols is 1. The fraction of sp³-hybridized carbons (Fsp3) is 0.360. The number of carboxylic acids is 1. The molecular weight excluding hydrogens is 422 g/mol. The predicted molar refractivity (Wildman–Crippen MR) is 118 cm³/mol. The molecule has 4 atom stereocenters. The fourth-order valence-electron chi connectivity index (χ4n) is 5.02. The Balaban J connectivity index is 1.81. The van der Waals surface area contributed by atoms with Crippen molar-refractivity contribution in [2.24, 2.45) is 11.8 Å². The van der Waals surface area contributed by atoms with Gasteiger partial charge in [-0.25, -0.2) is 0 Å². The van der Waals surface area contributed by atoms with E-state index in [4.69, 9.17) is 5.26 Å². The molecular formula is C25H25N3O5. The molecule has 2 aliphatic rings. The van der Waals surface area contributed by atoms with Crippen molar-refractivity contribution in [1.29, 1.82) is 5.26 Å². The van der Waals surface area contributed by atoms with Crippen LogP contribution in [0.3, 0.4) is 0 Å². The predicted octanol–water partition coefficient (Wildman–Crippen LogP) is 2.38. The van der Waals surface area contributed by atoms with Gasteiger partial charge in [0, 0.05) is 19.0 Å². The third-order valence-corrected chi connectivity index (χ3v) is 6.68. The number of carbonyl (C=O) groups excluding carboxylic acids is 2. The summed E-state index contributed by atoms with van der Waals surface area (Å²) >= 11 is 0. The summed E-state index contributed by atoms with van der Waals surface area (Å²) in [5.74, 6) is -3.93. The number of aromatic hydroxyl groups is 1. The van der Waals surface area contributed by atoms with Gasteiger partial charge in [0.05, 0.1) is 23.5 Å². The molecule has 2 amide bonds. The van der Waals surface area contributed by atoms with E-state index in [9.17, 15) is 24.6 Å². The Morgan fingerprint density at radius 1 is 1.12 bits per heavy atom. The van der Waals surface area contributed by atoms with Crippen LogP contribution in [-0.2, 0) is 20.8 Å². The summed E-state index contributed by atoms with van der Waals surface area (Å²) in [7, 11) is 0. The standard InChI is InChI=1S/C25H25N3O5/c1-2-3-12-28-22(30)19-20(23(28)31)25(24(32)33,13-15-6-10-18(29)11-7-15)27-21(19)17-8-4-16(14-26)5-9-17/h4-11,19-21,27,29H,2-3,12-13H2,1H3,(H,32,33). The first-order chi connectivity index (χ1) is 15.8. The first-order valence-electron chi connectivity index (χ1n) is 11.0. The van der Waals surface area contributed by atoms with Crippen LogP contribution in [0.5, 0.6) is 5.75 Å². The lowest BCUT2D eigenvalue weighted by molar-refractivity contribution is -0.151. The minimum Gasteiger partial charge on any atom is -0.508 e. The van der Waals surface area contributed by atoms with E-state index in [-0.39, 0.29) is 24.6 Å². The lowest BCUT2D eigenvalue weighted by Crippen LogP contribution is -2.57. The van der Waals surface area contributed by atoms with Crippen molar-refractivity contribution in [2.75, 3.05) is 6.54 Å². The summed E-state index contributed by atoms with van der Waals surface area (Å²) in [5.41, 5.74) is 0.0132. The zero-order chi connectivity index (χ0) is 23.8. The topological polar surface area (TPSA) is 131 Å². The molecule has 8 heteroatoms.